The predicted octanol–water partition coefficient (Wildman–Crippen LogP) is 1.48. The molecule has 0 radical (unpaired) electrons. The van der Waals surface area contributed by atoms with E-state index in [1.165, 1.54) is 0 Å². The van der Waals surface area contributed by atoms with E-state index in [-0.39, 0.29) is 18.0 Å². The third-order valence-corrected chi connectivity index (χ3v) is 2.10. The Balaban J connectivity index is 0.00000128. The van der Waals surface area contributed by atoms with Crippen LogP contribution in [0, 0.1) is 0 Å². The molecule has 2 N–H and O–H groups in total. The molecule has 0 atom stereocenters. The van der Waals surface area contributed by atoms with Gasteiger partial charge in [0.2, 0.25) is 0 Å². The van der Waals surface area contributed by atoms with Crippen LogP contribution < -0.4 is 5.43 Å². The van der Waals surface area contributed by atoms with Gasteiger partial charge in [-0.3, -0.25) is 15.4 Å². The molecule has 2 rings (SSSR count). The number of carboxylic acids is 1. The zero-order valence-electron chi connectivity index (χ0n) is 8.46. The fraction of sp³-hybridized carbons (Fsp3) is 0.200. The first-order valence-corrected chi connectivity index (χ1v) is 4.62. The minimum atomic E-state index is -0.913. The van der Waals surface area contributed by atoms with Crippen LogP contribution in [0.1, 0.15) is 10.4 Å². The Labute approximate surface area is 99.2 Å². The first-order valence-electron chi connectivity index (χ1n) is 4.62. The van der Waals surface area contributed by atoms with Crippen LogP contribution in [0.15, 0.2) is 29.3 Å². The maximum Gasteiger partial charge on any atom is 0.335 e. The third kappa shape index (κ3) is 2.87. The summed E-state index contributed by atoms with van der Waals surface area (Å²) < 4.78 is 0. The van der Waals surface area contributed by atoms with Gasteiger partial charge in [0.15, 0.2) is 0 Å². The number of nitrogens with zero attached hydrogens (tertiary/aromatic N) is 2. The third-order valence-electron chi connectivity index (χ3n) is 2.10. The predicted molar refractivity (Wildman–Crippen MR) is 64.3 cm³/mol. The van der Waals surface area contributed by atoms with Crippen molar-refractivity contribution in [2.24, 2.45) is 4.99 Å². The number of aromatic carboxylic acids is 1. The quantitative estimate of drug-likeness (QED) is 0.841. The summed E-state index contributed by atoms with van der Waals surface area (Å²) in [5.74, 6) is -0.913. The molecule has 6 heteroatoms. The van der Waals surface area contributed by atoms with Crippen LogP contribution >= 0.6 is 12.4 Å². The summed E-state index contributed by atoms with van der Waals surface area (Å²) in [6, 6.07) is 6.60. The largest absolute Gasteiger partial charge is 0.478 e. The van der Waals surface area contributed by atoms with Crippen LogP contribution in [0.25, 0.3) is 0 Å². The summed E-state index contributed by atoms with van der Waals surface area (Å²) in [5.41, 5.74) is 4.24. The zero-order valence-corrected chi connectivity index (χ0v) is 9.28. The molecule has 1 aliphatic heterocycles. The van der Waals surface area contributed by atoms with Crippen molar-refractivity contribution in [2.45, 2.75) is 0 Å². The highest BCUT2D eigenvalue weighted by molar-refractivity contribution is 5.88. The zero-order chi connectivity index (χ0) is 10.7. The van der Waals surface area contributed by atoms with E-state index >= 15 is 0 Å². The van der Waals surface area contributed by atoms with Crippen molar-refractivity contribution in [2.75, 3.05) is 18.5 Å². The summed E-state index contributed by atoms with van der Waals surface area (Å²) in [6.45, 7) is 1.63. The minimum absolute atomic E-state index is 0. The summed E-state index contributed by atoms with van der Waals surface area (Å²) >= 11 is 0. The molecule has 0 fully saturated rings. The van der Waals surface area contributed by atoms with Gasteiger partial charge < -0.3 is 5.11 Å². The highest BCUT2D eigenvalue weighted by Crippen LogP contribution is 2.10. The average Bonchev–Trinajstić information content (AvgIpc) is 2.71. The molecule has 0 spiro atoms. The van der Waals surface area contributed by atoms with E-state index in [2.05, 4.69) is 10.4 Å². The Kier molecular flexibility index (Phi) is 4.13. The summed E-state index contributed by atoms with van der Waals surface area (Å²) in [6.07, 6.45) is 1.73. The van der Waals surface area contributed by atoms with Gasteiger partial charge in [-0.05, 0) is 24.3 Å². The summed E-state index contributed by atoms with van der Waals surface area (Å²) in [5, 5.41) is 10.6. The van der Waals surface area contributed by atoms with Crippen molar-refractivity contribution in [1.82, 2.24) is 5.01 Å². The number of rotatable bonds is 3. The lowest BCUT2D eigenvalue weighted by Gasteiger charge is -2.16. The Morgan fingerprint density at radius 1 is 1.38 bits per heavy atom. The van der Waals surface area contributed by atoms with Crippen LogP contribution in [-0.2, 0) is 0 Å². The smallest absolute Gasteiger partial charge is 0.335 e. The number of halogens is 1. The number of benzene rings is 1. The first-order chi connectivity index (χ1) is 7.25. The fourth-order valence-electron chi connectivity index (χ4n) is 1.32. The van der Waals surface area contributed by atoms with Gasteiger partial charge >= 0.3 is 5.97 Å². The molecule has 16 heavy (non-hydrogen) atoms. The lowest BCUT2D eigenvalue weighted by Crippen LogP contribution is -2.26. The molecule has 0 aliphatic carbocycles. The Morgan fingerprint density at radius 2 is 2.06 bits per heavy atom. The van der Waals surface area contributed by atoms with Gasteiger partial charge in [0.1, 0.15) is 6.34 Å². The van der Waals surface area contributed by atoms with E-state index in [1.807, 2.05) is 5.01 Å². The Bertz CT molecular complexity index is 392. The van der Waals surface area contributed by atoms with Gasteiger partial charge in [-0.15, -0.1) is 12.4 Å². The Morgan fingerprint density at radius 3 is 2.56 bits per heavy atom. The van der Waals surface area contributed by atoms with Crippen LogP contribution in [0.3, 0.4) is 0 Å². The van der Waals surface area contributed by atoms with Gasteiger partial charge in [-0.2, -0.15) is 0 Å². The number of hydrogen-bond acceptors (Lipinski definition) is 4. The molecule has 1 aromatic carbocycles. The number of carboxylic acid groups (broad SMARTS) is 1. The maximum atomic E-state index is 10.6. The number of nitrogens with one attached hydrogen (secondary N) is 1. The van der Waals surface area contributed by atoms with E-state index in [9.17, 15) is 4.79 Å². The second kappa shape index (κ2) is 5.37. The number of hydrogen-bond donors (Lipinski definition) is 2. The van der Waals surface area contributed by atoms with Crippen molar-refractivity contribution in [1.29, 1.82) is 0 Å². The van der Waals surface area contributed by atoms with Crippen molar-refractivity contribution in [3.05, 3.63) is 29.8 Å². The normalized spacial score (nSPS) is 13.4. The van der Waals surface area contributed by atoms with E-state index < -0.39 is 5.97 Å². The lowest BCUT2D eigenvalue weighted by atomic mass is 10.2. The standard InChI is InChI=1S/C10H11N3O2.ClH/c14-10(15)8-1-3-9(4-2-8)12-13-6-5-11-7-13;/h1-4,7,12H,5-6H2,(H,14,15);1H. The van der Waals surface area contributed by atoms with Gasteiger partial charge in [-0.1, -0.05) is 0 Å². The molecule has 0 amide bonds. The molecule has 1 aliphatic rings. The number of carbonyl (C=O) groups is 1. The van der Waals surface area contributed by atoms with E-state index in [0.29, 0.717) is 0 Å². The molecule has 5 nitrogen and oxygen atoms in total. The molecule has 0 aromatic heterocycles. The van der Waals surface area contributed by atoms with E-state index in [4.69, 9.17) is 5.11 Å². The van der Waals surface area contributed by atoms with Gasteiger partial charge in [0, 0.05) is 0 Å². The summed E-state index contributed by atoms with van der Waals surface area (Å²) in [4.78, 5) is 14.7. The second-order valence-electron chi connectivity index (χ2n) is 3.21. The lowest BCUT2D eigenvalue weighted by molar-refractivity contribution is 0.0697. The number of anilines is 1. The van der Waals surface area contributed by atoms with Crippen molar-refractivity contribution >= 4 is 30.4 Å². The van der Waals surface area contributed by atoms with Gasteiger partial charge in [0.05, 0.1) is 24.3 Å². The molecule has 1 heterocycles. The van der Waals surface area contributed by atoms with Crippen molar-refractivity contribution in [3.8, 4) is 0 Å². The summed E-state index contributed by atoms with van der Waals surface area (Å²) in [7, 11) is 0. The van der Waals surface area contributed by atoms with Crippen molar-refractivity contribution in [3.63, 3.8) is 0 Å². The topological polar surface area (TPSA) is 64.9 Å². The molecule has 86 valence electrons. The van der Waals surface area contributed by atoms with Crippen LogP contribution in [0.2, 0.25) is 0 Å². The highest BCUT2D eigenvalue weighted by Gasteiger charge is 2.05. The van der Waals surface area contributed by atoms with E-state index in [1.54, 1.807) is 30.6 Å². The molecule has 0 unspecified atom stereocenters. The molecule has 0 saturated carbocycles. The van der Waals surface area contributed by atoms with Gasteiger partial charge in [0.25, 0.3) is 0 Å². The monoisotopic (exact) mass is 241 g/mol. The van der Waals surface area contributed by atoms with Crippen molar-refractivity contribution < 1.29 is 9.90 Å². The molecular weight excluding hydrogens is 230 g/mol. The average molecular weight is 242 g/mol. The maximum absolute atomic E-state index is 10.6. The Hall–Kier alpha value is -1.75. The van der Waals surface area contributed by atoms with Crippen LogP contribution in [0.4, 0.5) is 5.69 Å². The molecule has 1 aromatic rings. The van der Waals surface area contributed by atoms with E-state index in [0.717, 1.165) is 18.8 Å². The molecule has 0 saturated heterocycles. The van der Waals surface area contributed by atoms with Crippen LogP contribution in [-0.4, -0.2) is 35.5 Å². The second-order valence-corrected chi connectivity index (χ2v) is 3.21. The SMILES string of the molecule is Cl.O=C(O)c1ccc(NN2C=NCC2)cc1. The fourth-order valence-corrected chi connectivity index (χ4v) is 1.32. The first kappa shape index (κ1) is 12.3. The minimum Gasteiger partial charge on any atom is -0.478 e. The van der Waals surface area contributed by atoms with Crippen LogP contribution in [0.5, 0.6) is 0 Å². The molecule has 0 bridgehead atoms. The number of aliphatic imine (C=N–C) groups is 1. The molecular formula is C10H12ClN3O2. The highest BCUT2D eigenvalue weighted by atomic mass is 35.5. The van der Waals surface area contributed by atoms with Gasteiger partial charge in [-0.25, -0.2) is 4.79 Å². The number of hydrazine groups is 1.